The number of nitrogens with one attached hydrogen (secondary N) is 1. The highest BCUT2D eigenvalue weighted by Crippen LogP contribution is 2.22. The first-order valence-corrected chi connectivity index (χ1v) is 8.16. The van der Waals surface area contributed by atoms with Crippen LogP contribution in [0.1, 0.15) is 23.0 Å². The van der Waals surface area contributed by atoms with Crippen LogP contribution in [0.4, 0.5) is 4.79 Å². The summed E-state index contributed by atoms with van der Waals surface area (Å²) in [6, 6.07) is 6.53. The number of hydrogen-bond donors (Lipinski definition) is 1. The molecule has 1 atom stereocenters. The summed E-state index contributed by atoms with van der Waals surface area (Å²) in [7, 11) is 1.57. The van der Waals surface area contributed by atoms with Gasteiger partial charge < -0.3 is 14.8 Å². The summed E-state index contributed by atoms with van der Waals surface area (Å²) < 4.78 is 10.4. The minimum Gasteiger partial charge on any atom is -0.497 e. The molecule has 1 aromatic carbocycles. The fraction of sp³-hybridized carbons (Fsp3) is 0.333. The topological polar surface area (TPSA) is 97.8 Å². The maximum absolute atomic E-state index is 12.5. The molecule has 0 saturated carbocycles. The van der Waals surface area contributed by atoms with Gasteiger partial charge in [-0.3, -0.25) is 14.7 Å². The Morgan fingerprint density at radius 1 is 1.31 bits per heavy atom. The molecule has 1 unspecified atom stereocenters. The number of urea groups is 1. The second-order valence-electron chi connectivity index (χ2n) is 5.95. The molecule has 1 aromatic heterocycles. The summed E-state index contributed by atoms with van der Waals surface area (Å²) in [5.41, 5.74) is 1.44. The maximum atomic E-state index is 12.5. The number of fused-ring (bicyclic) bond motifs is 1. The molecule has 1 saturated heterocycles. The molecule has 0 spiro atoms. The number of carbonyl (C=O) groups is 3. The van der Waals surface area contributed by atoms with Gasteiger partial charge in [-0.25, -0.2) is 9.59 Å². The SMILES string of the molecule is COc1ccc2cc(C(=O)OC(C)C(=O)N3CCNC3=O)c(C)nc2c1. The minimum atomic E-state index is -1.07. The smallest absolute Gasteiger partial charge is 0.340 e. The zero-order valence-corrected chi connectivity index (χ0v) is 14.7. The van der Waals surface area contributed by atoms with Crippen LogP contribution in [0.25, 0.3) is 10.9 Å². The molecule has 2 heterocycles. The number of carbonyl (C=O) groups excluding carboxylic acids is 3. The van der Waals surface area contributed by atoms with E-state index in [1.54, 1.807) is 38.3 Å². The molecule has 0 bridgehead atoms. The van der Waals surface area contributed by atoms with Gasteiger partial charge in [0.15, 0.2) is 6.10 Å². The summed E-state index contributed by atoms with van der Waals surface area (Å²) in [6.45, 7) is 3.79. The number of hydrogen-bond acceptors (Lipinski definition) is 6. The van der Waals surface area contributed by atoms with Gasteiger partial charge in [-0.2, -0.15) is 0 Å². The Morgan fingerprint density at radius 3 is 2.73 bits per heavy atom. The Balaban J connectivity index is 1.79. The van der Waals surface area contributed by atoms with E-state index in [4.69, 9.17) is 9.47 Å². The third kappa shape index (κ3) is 3.30. The van der Waals surface area contributed by atoms with Gasteiger partial charge in [0.2, 0.25) is 0 Å². The number of benzene rings is 1. The number of imide groups is 1. The van der Waals surface area contributed by atoms with Crippen LogP contribution in [-0.2, 0) is 9.53 Å². The number of methoxy groups -OCH3 is 1. The van der Waals surface area contributed by atoms with Gasteiger partial charge >= 0.3 is 12.0 Å². The highest BCUT2D eigenvalue weighted by molar-refractivity contribution is 6.00. The van der Waals surface area contributed by atoms with Gasteiger partial charge in [0.1, 0.15) is 5.75 Å². The molecule has 0 radical (unpaired) electrons. The first kappa shape index (κ1) is 17.7. The first-order valence-electron chi connectivity index (χ1n) is 8.16. The van der Waals surface area contributed by atoms with Gasteiger partial charge in [-0.1, -0.05) is 0 Å². The normalized spacial score (nSPS) is 14.9. The molecule has 3 rings (SSSR count). The predicted molar refractivity (Wildman–Crippen MR) is 93.0 cm³/mol. The molecule has 8 heteroatoms. The molecular weight excluding hydrogens is 338 g/mol. The van der Waals surface area contributed by atoms with Crippen molar-refractivity contribution in [2.45, 2.75) is 20.0 Å². The van der Waals surface area contributed by atoms with Crippen LogP contribution < -0.4 is 10.1 Å². The van der Waals surface area contributed by atoms with E-state index in [-0.39, 0.29) is 12.1 Å². The first-order chi connectivity index (χ1) is 12.4. The van der Waals surface area contributed by atoms with Crippen molar-refractivity contribution in [1.82, 2.24) is 15.2 Å². The molecule has 0 aliphatic carbocycles. The van der Waals surface area contributed by atoms with Gasteiger partial charge in [0.05, 0.1) is 23.9 Å². The Morgan fingerprint density at radius 2 is 2.08 bits per heavy atom. The Labute approximate surface area is 150 Å². The van der Waals surface area contributed by atoms with E-state index in [0.29, 0.717) is 23.5 Å². The van der Waals surface area contributed by atoms with Crippen molar-refractivity contribution >= 4 is 28.8 Å². The average Bonchev–Trinajstić information content (AvgIpc) is 3.05. The quantitative estimate of drug-likeness (QED) is 0.836. The summed E-state index contributed by atoms with van der Waals surface area (Å²) in [5.74, 6) is -0.541. The van der Waals surface area contributed by atoms with E-state index >= 15 is 0 Å². The molecule has 1 fully saturated rings. The fourth-order valence-corrected chi connectivity index (χ4v) is 2.75. The van der Waals surface area contributed by atoms with Gasteiger partial charge in [0.25, 0.3) is 5.91 Å². The lowest BCUT2D eigenvalue weighted by molar-refractivity contribution is -0.136. The second kappa shape index (κ2) is 6.99. The Bertz CT molecular complexity index is 896. The molecule has 2 aromatic rings. The summed E-state index contributed by atoms with van der Waals surface area (Å²) in [5, 5.41) is 3.29. The number of esters is 1. The largest absolute Gasteiger partial charge is 0.497 e. The van der Waals surface area contributed by atoms with Gasteiger partial charge in [0, 0.05) is 24.5 Å². The van der Waals surface area contributed by atoms with E-state index in [1.165, 1.54) is 6.92 Å². The van der Waals surface area contributed by atoms with Crippen LogP contribution in [0.3, 0.4) is 0 Å². The Hall–Kier alpha value is -3.16. The summed E-state index contributed by atoms with van der Waals surface area (Å²) in [4.78, 5) is 41.7. The monoisotopic (exact) mass is 357 g/mol. The van der Waals surface area contributed by atoms with E-state index in [0.717, 1.165) is 10.3 Å². The van der Waals surface area contributed by atoms with Gasteiger partial charge in [-0.05, 0) is 32.0 Å². The lowest BCUT2D eigenvalue weighted by Gasteiger charge is -2.18. The third-order valence-electron chi connectivity index (χ3n) is 4.19. The van der Waals surface area contributed by atoms with E-state index in [1.807, 2.05) is 0 Å². The zero-order chi connectivity index (χ0) is 18.8. The van der Waals surface area contributed by atoms with Crippen LogP contribution in [0.2, 0.25) is 0 Å². The predicted octanol–water partition coefficient (Wildman–Crippen LogP) is 1.65. The van der Waals surface area contributed by atoms with Crippen molar-refractivity contribution in [2.24, 2.45) is 0 Å². The molecule has 1 N–H and O–H groups in total. The lowest BCUT2D eigenvalue weighted by atomic mass is 10.1. The van der Waals surface area contributed by atoms with E-state index < -0.39 is 24.0 Å². The van der Waals surface area contributed by atoms with Gasteiger partial charge in [-0.15, -0.1) is 0 Å². The molecule has 26 heavy (non-hydrogen) atoms. The lowest BCUT2D eigenvalue weighted by Crippen LogP contribution is -2.41. The molecule has 1 aliphatic rings. The summed E-state index contributed by atoms with van der Waals surface area (Å²) in [6.07, 6.45) is -1.07. The molecule has 8 nitrogen and oxygen atoms in total. The highest BCUT2D eigenvalue weighted by Gasteiger charge is 2.32. The zero-order valence-electron chi connectivity index (χ0n) is 14.7. The average molecular weight is 357 g/mol. The van der Waals surface area contributed by atoms with Crippen LogP contribution in [0.5, 0.6) is 5.75 Å². The van der Waals surface area contributed by atoms with Crippen LogP contribution in [0, 0.1) is 6.92 Å². The standard InChI is InChI=1S/C18H19N3O5/c1-10-14(8-12-4-5-13(25-3)9-15(12)20-10)17(23)26-11(2)16(22)21-7-6-19-18(21)24/h4-5,8-9,11H,6-7H2,1-3H3,(H,19,24). The number of rotatable bonds is 4. The number of aromatic nitrogens is 1. The minimum absolute atomic E-state index is 0.262. The number of ether oxygens (including phenoxy) is 2. The fourth-order valence-electron chi connectivity index (χ4n) is 2.75. The van der Waals surface area contributed by atoms with Crippen LogP contribution in [0.15, 0.2) is 24.3 Å². The molecule has 1 aliphatic heterocycles. The van der Waals surface area contributed by atoms with Crippen molar-refractivity contribution in [2.75, 3.05) is 20.2 Å². The van der Waals surface area contributed by atoms with Crippen LogP contribution in [-0.4, -0.2) is 54.1 Å². The number of aryl methyl sites for hydroxylation is 1. The van der Waals surface area contributed by atoms with Crippen molar-refractivity contribution < 1.29 is 23.9 Å². The van der Waals surface area contributed by atoms with Crippen molar-refractivity contribution in [3.8, 4) is 5.75 Å². The number of amides is 3. The molecule has 136 valence electrons. The van der Waals surface area contributed by atoms with Crippen molar-refractivity contribution in [3.63, 3.8) is 0 Å². The van der Waals surface area contributed by atoms with Crippen LogP contribution >= 0.6 is 0 Å². The van der Waals surface area contributed by atoms with Crippen molar-refractivity contribution in [1.29, 1.82) is 0 Å². The maximum Gasteiger partial charge on any atom is 0.340 e. The van der Waals surface area contributed by atoms with Crippen molar-refractivity contribution in [3.05, 3.63) is 35.5 Å². The third-order valence-corrected chi connectivity index (χ3v) is 4.19. The van der Waals surface area contributed by atoms with E-state index in [2.05, 4.69) is 10.3 Å². The molecule has 3 amide bonds. The Kier molecular flexibility index (Phi) is 4.75. The highest BCUT2D eigenvalue weighted by atomic mass is 16.5. The van der Waals surface area contributed by atoms with E-state index in [9.17, 15) is 14.4 Å². The summed E-state index contributed by atoms with van der Waals surface area (Å²) >= 11 is 0. The second-order valence-corrected chi connectivity index (χ2v) is 5.95. The number of nitrogens with zero attached hydrogens (tertiary/aromatic N) is 2. The number of pyridine rings is 1. The molecular formula is C18H19N3O5.